The van der Waals surface area contributed by atoms with Crippen LogP contribution in [-0.2, 0) is 13.1 Å². The van der Waals surface area contributed by atoms with Gasteiger partial charge in [0.25, 0.3) is 0 Å². The standard InChI is InChI=1S/C13H17ClN4O2/c1-18(9-12-16-13(8-15)20-17-12)6-7-19-11-5-3-2-4-10(11)14/h2-5H,6-9,15H2,1H3. The minimum Gasteiger partial charge on any atom is -0.491 e. The summed E-state index contributed by atoms with van der Waals surface area (Å²) in [5, 5.41) is 4.45. The molecule has 7 heteroatoms. The van der Waals surface area contributed by atoms with Crippen molar-refractivity contribution in [3.63, 3.8) is 0 Å². The fraction of sp³-hybridized carbons (Fsp3) is 0.385. The van der Waals surface area contributed by atoms with Gasteiger partial charge in [-0.05, 0) is 19.2 Å². The number of nitrogens with two attached hydrogens (primary N) is 1. The third-order valence-corrected chi connectivity index (χ3v) is 2.98. The summed E-state index contributed by atoms with van der Waals surface area (Å²) in [6, 6.07) is 7.40. The van der Waals surface area contributed by atoms with Crippen molar-refractivity contribution in [1.29, 1.82) is 0 Å². The van der Waals surface area contributed by atoms with Crippen LogP contribution >= 0.6 is 11.6 Å². The number of likely N-dealkylation sites (N-methyl/N-ethyl adjacent to an activating group) is 1. The van der Waals surface area contributed by atoms with Crippen LogP contribution in [0.4, 0.5) is 0 Å². The lowest BCUT2D eigenvalue weighted by Gasteiger charge is -2.15. The van der Waals surface area contributed by atoms with Crippen molar-refractivity contribution < 1.29 is 9.26 Å². The molecule has 2 aromatic rings. The lowest BCUT2D eigenvalue weighted by Crippen LogP contribution is -2.24. The lowest BCUT2D eigenvalue weighted by molar-refractivity contribution is 0.227. The molecule has 0 radical (unpaired) electrons. The maximum absolute atomic E-state index is 6.01. The Bertz CT molecular complexity index is 547. The Labute approximate surface area is 122 Å². The molecule has 108 valence electrons. The van der Waals surface area contributed by atoms with E-state index >= 15 is 0 Å². The first-order chi connectivity index (χ1) is 9.69. The van der Waals surface area contributed by atoms with Gasteiger partial charge in [-0.2, -0.15) is 4.98 Å². The number of rotatable bonds is 7. The van der Waals surface area contributed by atoms with E-state index in [1.54, 1.807) is 6.07 Å². The van der Waals surface area contributed by atoms with Gasteiger partial charge in [-0.25, -0.2) is 0 Å². The Morgan fingerprint density at radius 1 is 1.40 bits per heavy atom. The highest BCUT2D eigenvalue weighted by Crippen LogP contribution is 2.22. The summed E-state index contributed by atoms with van der Waals surface area (Å²) < 4.78 is 10.6. The van der Waals surface area contributed by atoms with Gasteiger partial charge in [-0.1, -0.05) is 28.9 Å². The Kier molecular flexibility index (Phi) is 5.34. The third kappa shape index (κ3) is 4.19. The van der Waals surface area contributed by atoms with Crippen LogP contribution in [0.15, 0.2) is 28.8 Å². The monoisotopic (exact) mass is 296 g/mol. The average molecular weight is 297 g/mol. The van der Waals surface area contributed by atoms with Crippen molar-refractivity contribution >= 4 is 11.6 Å². The van der Waals surface area contributed by atoms with Crippen LogP contribution in [0.5, 0.6) is 5.75 Å². The fourth-order valence-electron chi connectivity index (χ4n) is 1.63. The van der Waals surface area contributed by atoms with E-state index in [-0.39, 0.29) is 6.54 Å². The average Bonchev–Trinajstić information content (AvgIpc) is 2.88. The van der Waals surface area contributed by atoms with E-state index < -0.39 is 0 Å². The van der Waals surface area contributed by atoms with Crippen LogP contribution < -0.4 is 10.5 Å². The Hall–Kier alpha value is -1.63. The van der Waals surface area contributed by atoms with Crippen molar-refractivity contribution in [3.8, 4) is 5.75 Å². The molecule has 0 fully saturated rings. The van der Waals surface area contributed by atoms with Gasteiger partial charge in [0.1, 0.15) is 12.4 Å². The Morgan fingerprint density at radius 3 is 2.90 bits per heavy atom. The highest BCUT2D eigenvalue weighted by Gasteiger charge is 2.08. The highest BCUT2D eigenvalue weighted by atomic mass is 35.5. The first kappa shape index (κ1) is 14.8. The molecule has 0 saturated carbocycles. The molecule has 1 aromatic carbocycles. The van der Waals surface area contributed by atoms with Gasteiger partial charge < -0.3 is 15.0 Å². The van der Waals surface area contributed by atoms with E-state index in [1.165, 1.54) is 0 Å². The molecule has 0 atom stereocenters. The molecule has 0 unspecified atom stereocenters. The second kappa shape index (κ2) is 7.23. The zero-order chi connectivity index (χ0) is 14.4. The smallest absolute Gasteiger partial charge is 0.240 e. The van der Waals surface area contributed by atoms with Crippen LogP contribution in [0.25, 0.3) is 0 Å². The van der Waals surface area contributed by atoms with Crippen LogP contribution in [0.2, 0.25) is 5.02 Å². The maximum atomic E-state index is 6.01. The highest BCUT2D eigenvalue weighted by molar-refractivity contribution is 6.32. The fourth-order valence-corrected chi connectivity index (χ4v) is 1.82. The number of benzene rings is 1. The number of halogens is 1. The van der Waals surface area contributed by atoms with Crippen molar-refractivity contribution in [2.45, 2.75) is 13.1 Å². The minimum atomic E-state index is 0.256. The molecule has 0 saturated heterocycles. The summed E-state index contributed by atoms with van der Waals surface area (Å²) in [4.78, 5) is 6.17. The van der Waals surface area contributed by atoms with E-state index in [0.29, 0.717) is 35.6 Å². The van der Waals surface area contributed by atoms with E-state index in [9.17, 15) is 0 Å². The number of hydrogen-bond donors (Lipinski definition) is 1. The van der Waals surface area contributed by atoms with Gasteiger partial charge in [0.2, 0.25) is 5.89 Å². The molecule has 2 N–H and O–H groups in total. The van der Waals surface area contributed by atoms with Gasteiger partial charge in [0.15, 0.2) is 5.82 Å². The Morgan fingerprint density at radius 2 is 2.20 bits per heavy atom. The van der Waals surface area contributed by atoms with E-state index in [2.05, 4.69) is 10.1 Å². The van der Waals surface area contributed by atoms with Gasteiger partial charge in [-0.15, -0.1) is 0 Å². The molecule has 6 nitrogen and oxygen atoms in total. The molecule has 0 amide bonds. The molecule has 20 heavy (non-hydrogen) atoms. The van der Waals surface area contributed by atoms with E-state index in [1.807, 2.05) is 30.1 Å². The van der Waals surface area contributed by atoms with Crippen molar-refractivity contribution in [3.05, 3.63) is 41.0 Å². The van der Waals surface area contributed by atoms with E-state index in [4.69, 9.17) is 26.6 Å². The van der Waals surface area contributed by atoms with Crippen LogP contribution in [0, 0.1) is 0 Å². The summed E-state index contributed by atoms with van der Waals surface area (Å²) in [6.45, 7) is 2.08. The number of para-hydroxylation sites is 1. The molecule has 1 aromatic heterocycles. The molecular weight excluding hydrogens is 280 g/mol. The third-order valence-electron chi connectivity index (χ3n) is 2.66. The molecule has 0 spiro atoms. The predicted octanol–water partition coefficient (Wildman–Crippen LogP) is 1.69. The zero-order valence-electron chi connectivity index (χ0n) is 11.3. The maximum Gasteiger partial charge on any atom is 0.240 e. The second-order valence-electron chi connectivity index (χ2n) is 4.33. The van der Waals surface area contributed by atoms with Gasteiger partial charge in [0.05, 0.1) is 18.1 Å². The largest absolute Gasteiger partial charge is 0.491 e. The molecule has 0 aliphatic heterocycles. The summed E-state index contributed by atoms with van der Waals surface area (Å²) in [5.74, 6) is 1.75. The first-order valence-electron chi connectivity index (χ1n) is 6.26. The summed E-state index contributed by atoms with van der Waals surface area (Å²) >= 11 is 6.01. The molecule has 0 bridgehead atoms. The number of nitrogens with zero attached hydrogens (tertiary/aromatic N) is 3. The van der Waals surface area contributed by atoms with Crippen molar-refractivity contribution in [1.82, 2.24) is 15.0 Å². The van der Waals surface area contributed by atoms with Gasteiger partial charge in [0, 0.05) is 6.54 Å². The SMILES string of the molecule is CN(CCOc1ccccc1Cl)Cc1noc(CN)n1. The molecule has 0 aliphatic carbocycles. The van der Waals surface area contributed by atoms with Crippen molar-refractivity contribution in [2.24, 2.45) is 5.73 Å². The summed E-state index contributed by atoms with van der Waals surface area (Å²) in [6.07, 6.45) is 0. The topological polar surface area (TPSA) is 77.4 Å². The second-order valence-corrected chi connectivity index (χ2v) is 4.73. The lowest BCUT2D eigenvalue weighted by atomic mass is 10.3. The van der Waals surface area contributed by atoms with Gasteiger partial charge >= 0.3 is 0 Å². The quantitative estimate of drug-likeness (QED) is 0.838. The van der Waals surface area contributed by atoms with Crippen LogP contribution in [0.1, 0.15) is 11.7 Å². The first-order valence-corrected chi connectivity index (χ1v) is 6.64. The summed E-state index contributed by atoms with van der Waals surface area (Å²) in [7, 11) is 1.95. The zero-order valence-corrected chi connectivity index (χ0v) is 12.0. The van der Waals surface area contributed by atoms with E-state index in [0.717, 1.165) is 6.54 Å². The van der Waals surface area contributed by atoms with Gasteiger partial charge in [-0.3, -0.25) is 4.90 Å². The number of aromatic nitrogens is 2. The molecule has 2 rings (SSSR count). The normalized spacial score (nSPS) is 11.0. The molecular formula is C13H17ClN4O2. The summed E-state index contributed by atoms with van der Waals surface area (Å²) in [5.41, 5.74) is 5.41. The van der Waals surface area contributed by atoms with Crippen molar-refractivity contribution in [2.75, 3.05) is 20.2 Å². The minimum absolute atomic E-state index is 0.256. The van der Waals surface area contributed by atoms with Crippen LogP contribution in [0.3, 0.4) is 0 Å². The molecule has 0 aliphatic rings. The number of ether oxygens (including phenoxy) is 1. The Balaban J connectivity index is 1.75. The number of hydrogen-bond acceptors (Lipinski definition) is 6. The van der Waals surface area contributed by atoms with Crippen LogP contribution in [-0.4, -0.2) is 35.2 Å². The predicted molar refractivity (Wildman–Crippen MR) is 75.5 cm³/mol. The molecule has 1 heterocycles.